The molecular formula is C66H74FN21O32P6S6. The number of nitrogens with two attached hydrogens (primary N) is 3. The summed E-state index contributed by atoms with van der Waals surface area (Å²) in [6.07, 6.45) is -11.3. The van der Waals surface area contributed by atoms with Crippen molar-refractivity contribution in [3.8, 4) is 0 Å². The molecule has 6 bridgehead atoms. The number of aliphatic hydroxyl groups excluding tert-OH is 5. The lowest BCUT2D eigenvalue weighted by atomic mass is 10.1. The molecule has 0 aromatic carbocycles. The zero-order valence-corrected chi connectivity index (χ0v) is 76.9. The molecule has 0 amide bonds. The van der Waals surface area contributed by atoms with Crippen LogP contribution in [0, 0.1) is 0 Å². The normalized spacial score (nSPS) is 38.3. The zero-order chi connectivity index (χ0) is 92.9. The first kappa shape index (κ1) is 94.1. The quantitative estimate of drug-likeness (QED) is 0.0749. The Morgan fingerprint density at radius 3 is 0.970 bits per heavy atom. The summed E-state index contributed by atoms with van der Waals surface area (Å²) in [4.78, 5) is 130. The molecule has 6 unspecified atom stereocenters. The molecular weight excluding hydrogens is 2000 g/mol. The second-order valence-electron chi connectivity index (χ2n) is 30.4. The second-order valence-corrected chi connectivity index (χ2v) is 47.3. The van der Waals surface area contributed by atoms with Crippen molar-refractivity contribution in [2.24, 2.45) is 0 Å². The number of rotatable bonds is 6. The maximum absolute atomic E-state index is 16.0. The van der Waals surface area contributed by atoms with E-state index >= 15 is 4.39 Å². The summed E-state index contributed by atoms with van der Waals surface area (Å²) in [5, 5.41) is 56.0. The Labute approximate surface area is 766 Å². The lowest BCUT2D eigenvalue weighted by Gasteiger charge is -2.28. The molecule has 9 saturated heterocycles. The number of imidazole rings is 6. The first-order valence-electron chi connectivity index (χ1n) is 39.0. The minimum Gasteiger partial charge on any atom is -0.397 e. The third-order valence-electron chi connectivity index (χ3n) is 22.3. The van der Waals surface area contributed by atoms with Crippen LogP contribution in [0.25, 0.3) is 50.8 Å². The predicted molar refractivity (Wildman–Crippen MR) is 467 cm³/mol. The Morgan fingerprint density at radius 2 is 0.621 bits per heavy atom. The summed E-state index contributed by atoms with van der Waals surface area (Å²) in [5.41, 5.74) is 19.7. The molecule has 66 heteroatoms. The van der Waals surface area contributed by atoms with E-state index in [1.807, 2.05) is 0 Å². The van der Waals surface area contributed by atoms with E-state index in [4.69, 9.17) is 159 Å². The first-order valence-corrected chi connectivity index (χ1v) is 54.7. The van der Waals surface area contributed by atoms with Crippen LogP contribution in [0.15, 0.2) is 144 Å². The molecule has 9 aliphatic rings. The van der Waals surface area contributed by atoms with Crippen molar-refractivity contribution in [1.82, 2.24) is 85.5 Å². The number of pyridine rings is 3. The maximum Gasteiger partial charge on any atom is 0.386 e. The van der Waals surface area contributed by atoms with Gasteiger partial charge < -0.3 is 118 Å². The van der Waals surface area contributed by atoms with Gasteiger partial charge in [-0.25, -0.2) is 53.8 Å². The van der Waals surface area contributed by atoms with Crippen LogP contribution in [0.4, 0.5) is 21.5 Å². The van der Waals surface area contributed by atoms with Crippen molar-refractivity contribution in [2.45, 2.75) is 147 Å². The number of halogens is 1. The molecule has 132 heavy (non-hydrogen) atoms. The van der Waals surface area contributed by atoms with Gasteiger partial charge in [0.2, 0.25) is 17.3 Å². The molecule has 0 radical (unpaired) electrons. The standard InChI is InChI=1S/C22H24FN7O10P2S2.2C22H25N7O11P2S2/c23-14-17-12(38-20(14)30-9-27-15-10(24)1-3-25-19(15)30)8-36-42(34,44)40-18-16(32)11(7-35-41(33,43)39-17)37-21(18)29-5-2-13(31)28-6-4-26-22(28)29;2*23-10-1-3-24-19-14(10)26-9-29(19)20-16(32)17-12(38-20)8-36-42(34,44)40-18-15(31)11(7-35-41(33,43)39-17)37-21(18)28-5-2-13(30)27-6-4-25-22(27)28/h1-6,9,11-12,14,16-18,20-21,32H,7-8H2,(H2,24,25)(H,33,43)(H,34,44);2*1-6,9,11-12,15-18,20-21,31-32H,7-8H2,(H2,23,24)(H,33,43)(H,34,44)/t11-,12-,14+,16-,17-,18-,20-,21-,41?,42?;2*11-,12-,15-,16-,17-,18-,20-,21-,41?,42?/m111/s1. The number of thiol groups is 1. The number of anilines is 3. The first-order chi connectivity index (χ1) is 62.8. The Kier molecular flexibility index (Phi) is 26.0. The van der Waals surface area contributed by atoms with Crippen molar-refractivity contribution in [3.63, 3.8) is 0 Å². The number of nitrogen functional groups attached to an aromatic ring is 3. The number of alkyl halides is 1. The SMILES string of the molecule is Nc1ccnc2c1ncn2[C@@H]1O[C@@H]2COP(O)(=S)O[C@@H]3[C@H](O)[C@@H](COP(=O)(S)O[C@H]2[C@H]1O)O[C@H]3n1ccc(=O)n2ccnc12.Nc1ccnc2c1ncn2[C@@H]1O[C@@H]2COP(O)(=S)O[C@@H]3[C@H](O)[C@@H](COP(O)(=S)O[C@H]2[C@@H]1F)O[C@H]3n1ccc(=O)n2ccnc12.Nc1ccnc2c1ncn2[C@@H]1O[C@@H]2COP(O)(=S)O[C@@H]3[C@H](O)[C@@H](COP(O)(=S)O[C@H]2[C@H]1O)O[C@H]3n1ccc(=O)n2ccnc12. The van der Waals surface area contributed by atoms with Crippen LogP contribution in [-0.2, 0) is 146 Å². The van der Waals surface area contributed by atoms with Crippen LogP contribution in [0.5, 0.6) is 0 Å². The number of hydrogen-bond donors (Lipinski definition) is 14. The van der Waals surface area contributed by atoms with Crippen LogP contribution in [0.2, 0.25) is 0 Å². The third-order valence-corrected chi connectivity index (χ3v) is 31.7. The van der Waals surface area contributed by atoms with Gasteiger partial charge in [-0.1, -0.05) is 12.2 Å². The summed E-state index contributed by atoms with van der Waals surface area (Å²) in [5.74, 6) is 0.436. The number of hydrogen-bond acceptors (Lipinski definition) is 44. The van der Waals surface area contributed by atoms with E-state index < -0.39 is 227 Å². The Hall–Kier alpha value is -6.84. The minimum atomic E-state index is -4.28. The Morgan fingerprint density at radius 1 is 0.341 bits per heavy atom. The van der Waals surface area contributed by atoms with Gasteiger partial charge in [0.05, 0.1) is 75.7 Å². The average Bonchev–Trinajstić information content (AvgIpc) is 1.62. The van der Waals surface area contributed by atoms with Crippen LogP contribution >= 0.6 is 52.6 Å². The van der Waals surface area contributed by atoms with E-state index in [1.165, 1.54) is 158 Å². The molecule has 21 rings (SSSR count). The molecule has 21 heterocycles. The summed E-state index contributed by atoms with van der Waals surface area (Å²) in [7, 11) is 0. The fourth-order valence-corrected chi connectivity index (χ4v) is 24.8. The monoisotopic (exact) mass is 2070 g/mol. The van der Waals surface area contributed by atoms with Gasteiger partial charge in [0.25, 0.3) is 16.7 Å². The highest BCUT2D eigenvalue weighted by atomic mass is 32.7. The van der Waals surface area contributed by atoms with Crippen LogP contribution < -0.4 is 33.9 Å². The van der Waals surface area contributed by atoms with Gasteiger partial charge >= 0.3 is 40.4 Å². The van der Waals surface area contributed by atoms with E-state index in [0.29, 0.717) is 44.9 Å². The van der Waals surface area contributed by atoms with E-state index in [2.05, 4.69) is 57.1 Å². The highest BCUT2D eigenvalue weighted by Crippen LogP contribution is 2.61. The van der Waals surface area contributed by atoms with Crippen molar-refractivity contribution in [1.29, 1.82) is 0 Å². The summed E-state index contributed by atoms with van der Waals surface area (Å²) < 4.78 is 145. The molecule has 9 fully saturated rings. The largest absolute Gasteiger partial charge is 0.397 e. The van der Waals surface area contributed by atoms with Crippen LogP contribution in [0.3, 0.4) is 0 Å². The molecule has 0 spiro atoms. The number of ether oxygens (including phenoxy) is 6. The molecule has 30 atom stereocenters. The number of fused-ring (bicyclic) bond motifs is 15. The molecule has 0 aliphatic carbocycles. The fourth-order valence-electron chi connectivity index (χ4n) is 16.2. The van der Waals surface area contributed by atoms with Crippen molar-refractivity contribution in [3.05, 3.63) is 161 Å². The lowest BCUT2D eigenvalue weighted by Crippen LogP contribution is -2.36. The van der Waals surface area contributed by atoms with Gasteiger partial charge in [-0.2, -0.15) is 0 Å². The fraction of sp³-hybridized carbons (Fsp3) is 0.455. The maximum atomic E-state index is 16.0. The smallest absolute Gasteiger partial charge is 0.386 e. The predicted octanol–water partition coefficient (Wildman–Crippen LogP) is -0.330. The van der Waals surface area contributed by atoms with Gasteiger partial charge in [-0.3, -0.25) is 86.7 Å². The van der Waals surface area contributed by atoms with Gasteiger partial charge in [0, 0.05) is 92.6 Å². The molecule has 12 aromatic heterocycles. The number of aliphatic hydroxyl groups is 5. The number of nitrogens with zero attached hydrogens (tertiary/aromatic N) is 18. The van der Waals surface area contributed by atoms with Gasteiger partial charge in [0.15, 0.2) is 60.5 Å². The van der Waals surface area contributed by atoms with Crippen LogP contribution in [-0.4, -0.2) is 285 Å². The van der Waals surface area contributed by atoms with E-state index in [0.717, 1.165) is 0 Å². The molecule has 9 aliphatic heterocycles. The van der Waals surface area contributed by atoms with Gasteiger partial charge in [-0.05, 0) is 77.2 Å². The highest BCUT2D eigenvalue weighted by Gasteiger charge is 2.58. The molecule has 16 N–H and O–H groups in total. The molecule has 708 valence electrons. The van der Waals surface area contributed by atoms with E-state index in [1.54, 1.807) is 12.1 Å². The van der Waals surface area contributed by atoms with E-state index in [9.17, 15) is 68.9 Å². The van der Waals surface area contributed by atoms with E-state index in [-0.39, 0.29) is 39.7 Å². The average molecular weight is 2070 g/mol. The molecule has 0 saturated carbocycles. The Bertz CT molecular complexity index is 6310. The van der Waals surface area contributed by atoms with Crippen molar-refractivity contribution >= 4 is 180 Å². The third kappa shape index (κ3) is 18.3. The van der Waals surface area contributed by atoms with Gasteiger partial charge in [-0.15, -0.1) is 0 Å². The number of aromatic nitrogens is 18. The highest BCUT2D eigenvalue weighted by molar-refractivity contribution is 8.44. The summed E-state index contributed by atoms with van der Waals surface area (Å²) in [6.45, 7) is -28.3. The molecule has 53 nitrogen and oxygen atoms in total. The topological polar surface area (TPSA) is 674 Å². The minimum absolute atomic E-state index is 0.138. The summed E-state index contributed by atoms with van der Waals surface area (Å²) >= 11 is 30.3. The zero-order valence-electron chi connectivity index (χ0n) is 66.5. The molecule has 12 aromatic rings. The van der Waals surface area contributed by atoms with Gasteiger partial charge in [0.1, 0.15) is 120 Å². The van der Waals surface area contributed by atoms with Crippen molar-refractivity contribution in [2.75, 3.05) is 56.8 Å². The summed E-state index contributed by atoms with van der Waals surface area (Å²) in [6, 6.07) is 8.41. The Balaban J connectivity index is 0.000000128. The van der Waals surface area contributed by atoms with Crippen molar-refractivity contribution < 1.29 is 142 Å². The second kappa shape index (κ2) is 36.5. The lowest BCUT2D eigenvalue weighted by molar-refractivity contribution is -0.0609. The van der Waals surface area contributed by atoms with Crippen LogP contribution in [0.1, 0.15) is 37.4 Å².